The fourth-order valence-electron chi connectivity index (χ4n) is 2.36. The number of halogens is 2. The molecule has 148 valence electrons. The summed E-state index contributed by atoms with van der Waals surface area (Å²) in [7, 11) is 0. The van der Waals surface area contributed by atoms with Gasteiger partial charge in [0.1, 0.15) is 18.1 Å². The van der Waals surface area contributed by atoms with Gasteiger partial charge in [0.2, 0.25) is 0 Å². The Morgan fingerprint density at radius 1 is 0.966 bits per heavy atom. The summed E-state index contributed by atoms with van der Waals surface area (Å²) in [4.78, 5) is 22.4. The van der Waals surface area contributed by atoms with E-state index in [1.165, 1.54) is 24.3 Å². The van der Waals surface area contributed by atoms with Crippen molar-refractivity contribution in [2.45, 2.75) is 6.61 Å². The summed E-state index contributed by atoms with van der Waals surface area (Å²) < 4.78 is 12.2. The molecule has 3 aromatic carbocycles. The van der Waals surface area contributed by atoms with Crippen molar-refractivity contribution in [1.29, 1.82) is 0 Å². The SMILES string of the molecule is Nc1c(Br)cc(C(=O)OCc2ccc(Oc3ccc([N+](=O)[O-])cc3)cc2)cc1Br. The van der Waals surface area contributed by atoms with Gasteiger partial charge in [-0.1, -0.05) is 12.1 Å². The Bertz CT molecular complexity index is 1030. The number of nitrogen functional groups attached to an aromatic ring is 1. The molecule has 0 unspecified atom stereocenters. The van der Waals surface area contributed by atoms with Gasteiger partial charge < -0.3 is 15.2 Å². The minimum Gasteiger partial charge on any atom is -0.457 e. The first-order valence-electron chi connectivity index (χ1n) is 8.26. The van der Waals surface area contributed by atoms with E-state index in [-0.39, 0.29) is 12.3 Å². The molecular weight excluding hydrogens is 508 g/mol. The Morgan fingerprint density at radius 2 is 1.48 bits per heavy atom. The first-order chi connectivity index (χ1) is 13.8. The number of hydrogen-bond donors (Lipinski definition) is 1. The Kier molecular flexibility index (Phi) is 6.50. The van der Waals surface area contributed by atoms with Crippen LogP contribution in [-0.4, -0.2) is 10.9 Å². The highest BCUT2D eigenvalue weighted by Gasteiger charge is 2.12. The van der Waals surface area contributed by atoms with Gasteiger partial charge in [0.15, 0.2) is 0 Å². The monoisotopic (exact) mass is 520 g/mol. The molecule has 29 heavy (non-hydrogen) atoms. The summed E-state index contributed by atoms with van der Waals surface area (Å²) in [5, 5.41) is 10.7. The van der Waals surface area contributed by atoms with Crippen LogP contribution in [-0.2, 0) is 11.3 Å². The lowest BCUT2D eigenvalue weighted by Crippen LogP contribution is -2.06. The lowest BCUT2D eigenvalue weighted by Gasteiger charge is -2.09. The van der Waals surface area contributed by atoms with Crippen LogP contribution in [0.1, 0.15) is 15.9 Å². The lowest BCUT2D eigenvalue weighted by atomic mass is 10.2. The summed E-state index contributed by atoms with van der Waals surface area (Å²) in [6, 6.07) is 16.0. The Labute approximate surface area is 182 Å². The van der Waals surface area contributed by atoms with Crippen molar-refractivity contribution in [3.8, 4) is 11.5 Å². The lowest BCUT2D eigenvalue weighted by molar-refractivity contribution is -0.384. The minimum atomic E-state index is -0.474. The smallest absolute Gasteiger partial charge is 0.338 e. The van der Waals surface area contributed by atoms with Crippen LogP contribution in [0.15, 0.2) is 69.6 Å². The number of rotatable bonds is 6. The van der Waals surface area contributed by atoms with E-state index in [1.807, 2.05) is 0 Å². The van der Waals surface area contributed by atoms with E-state index >= 15 is 0 Å². The van der Waals surface area contributed by atoms with Crippen LogP contribution in [0.4, 0.5) is 11.4 Å². The van der Waals surface area contributed by atoms with Gasteiger partial charge in [0.05, 0.1) is 16.2 Å². The van der Waals surface area contributed by atoms with Crippen LogP contribution in [0.3, 0.4) is 0 Å². The summed E-state index contributed by atoms with van der Waals surface area (Å²) in [6.45, 7) is 0.0935. The van der Waals surface area contributed by atoms with Gasteiger partial charge >= 0.3 is 5.97 Å². The maximum absolute atomic E-state index is 12.2. The highest BCUT2D eigenvalue weighted by molar-refractivity contribution is 9.11. The van der Waals surface area contributed by atoms with Crippen LogP contribution >= 0.6 is 31.9 Å². The van der Waals surface area contributed by atoms with Gasteiger partial charge in [0.25, 0.3) is 5.69 Å². The number of anilines is 1. The molecule has 0 saturated heterocycles. The molecule has 0 fully saturated rings. The molecule has 0 radical (unpaired) electrons. The van der Waals surface area contributed by atoms with Gasteiger partial charge in [-0.2, -0.15) is 0 Å². The van der Waals surface area contributed by atoms with E-state index < -0.39 is 10.9 Å². The summed E-state index contributed by atoms with van der Waals surface area (Å²) in [6.07, 6.45) is 0. The van der Waals surface area contributed by atoms with Crippen molar-refractivity contribution in [3.05, 3.63) is 90.9 Å². The number of nitro groups is 1. The molecule has 0 heterocycles. The first kappa shape index (κ1) is 20.8. The summed E-state index contributed by atoms with van der Waals surface area (Å²) >= 11 is 6.59. The maximum atomic E-state index is 12.2. The van der Waals surface area contributed by atoms with E-state index in [0.29, 0.717) is 31.7 Å². The van der Waals surface area contributed by atoms with Gasteiger partial charge in [0, 0.05) is 21.1 Å². The minimum absolute atomic E-state index is 0.00493. The normalized spacial score (nSPS) is 10.4. The maximum Gasteiger partial charge on any atom is 0.338 e. The third-order valence-corrected chi connectivity index (χ3v) is 5.20. The van der Waals surface area contributed by atoms with Gasteiger partial charge in [-0.15, -0.1) is 0 Å². The van der Waals surface area contributed by atoms with E-state index in [9.17, 15) is 14.9 Å². The summed E-state index contributed by atoms with van der Waals surface area (Å²) in [5.41, 5.74) is 7.47. The number of carbonyl (C=O) groups is 1. The third-order valence-electron chi connectivity index (χ3n) is 3.89. The van der Waals surface area contributed by atoms with E-state index in [1.54, 1.807) is 36.4 Å². The fraction of sp³-hybridized carbons (Fsp3) is 0.0500. The first-order valence-corrected chi connectivity index (χ1v) is 9.85. The molecule has 0 bridgehead atoms. The number of non-ortho nitro benzene ring substituents is 1. The second-order valence-corrected chi connectivity index (χ2v) is 7.64. The second kappa shape index (κ2) is 9.06. The molecule has 3 aromatic rings. The van der Waals surface area contributed by atoms with Crippen molar-refractivity contribution in [1.82, 2.24) is 0 Å². The van der Waals surface area contributed by atoms with Crippen molar-refractivity contribution in [2.75, 3.05) is 5.73 Å². The van der Waals surface area contributed by atoms with Crippen molar-refractivity contribution < 1.29 is 19.2 Å². The largest absolute Gasteiger partial charge is 0.457 e. The Morgan fingerprint density at radius 3 is 2.00 bits per heavy atom. The third kappa shape index (κ3) is 5.33. The molecule has 0 aliphatic carbocycles. The van der Waals surface area contributed by atoms with Gasteiger partial charge in [-0.05, 0) is 73.8 Å². The highest BCUT2D eigenvalue weighted by Crippen LogP contribution is 2.30. The highest BCUT2D eigenvalue weighted by atomic mass is 79.9. The van der Waals surface area contributed by atoms with E-state index in [2.05, 4.69) is 31.9 Å². The molecule has 0 atom stereocenters. The number of nitrogens with zero attached hydrogens (tertiary/aromatic N) is 1. The number of carbonyl (C=O) groups excluding carboxylic acids is 1. The van der Waals surface area contributed by atoms with E-state index in [4.69, 9.17) is 15.2 Å². The van der Waals surface area contributed by atoms with Crippen LogP contribution in [0.25, 0.3) is 0 Å². The molecule has 3 rings (SSSR count). The van der Waals surface area contributed by atoms with Crippen LogP contribution in [0.2, 0.25) is 0 Å². The number of benzene rings is 3. The van der Waals surface area contributed by atoms with Crippen LogP contribution in [0.5, 0.6) is 11.5 Å². The predicted molar refractivity (Wildman–Crippen MR) is 115 cm³/mol. The second-order valence-electron chi connectivity index (χ2n) is 5.93. The number of nitro benzene ring substituents is 1. The Hall–Kier alpha value is -2.91. The fourth-order valence-corrected chi connectivity index (χ4v) is 3.55. The molecule has 0 saturated carbocycles. The zero-order chi connectivity index (χ0) is 21.0. The van der Waals surface area contributed by atoms with Crippen molar-refractivity contribution >= 4 is 49.2 Å². The molecular formula is C20H14Br2N2O5. The zero-order valence-corrected chi connectivity index (χ0v) is 18.0. The Balaban J connectivity index is 1.59. The number of hydrogen-bond acceptors (Lipinski definition) is 6. The molecule has 0 aliphatic heterocycles. The van der Waals surface area contributed by atoms with Crippen molar-refractivity contribution in [3.63, 3.8) is 0 Å². The van der Waals surface area contributed by atoms with Crippen LogP contribution < -0.4 is 10.5 Å². The average Bonchev–Trinajstić information content (AvgIpc) is 2.71. The molecule has 0 aliphatic rings. The molecule has 2 N–H and O–H groups in total. The zero-order valence-electron chi connectivity index (χ0n) is 14.8. The molecule has 9 heteroatoms. The molecule has 0 amide bonds. The van der Waals surface area contributed by atoms with Crippen LogP contribution in [0, 0.1) is 10.1 Å². The molecule has 0 aromatic heterocycles. The predicted octanol–water partition coefficient (Wildman–Crippen LogP) is 5.85. The average molecular weight is 522 g/mol. The van der Waals surface area contributed by atoms with Crippen molar-refractivity contribution in [2.24, 2.45) is 0 Å². The molecule has 0 spiro atoms. The number of esters is 1. The standard InChI is InChI=1S/C20H14Br2N2O5/c21-17-9-13(10-18(22)19(17)23)20(25)28-11-12-1-5-15(6-2-12)29-16-7-3-14(4-8-16)24(26)27/h1-10H,11,23H2. The quantitative estimate of drug-likeness (QED) is 0.189. The summed E-state index contributed by atoms with van der Waals surface area (Å²) in [5.74, 6) is 0.562. The van der Waals surface area contributed by atoms with Gasteiger partial charge in [-0.3, -0.25) is 10.1 Å². The molecule has 7 nitrogen and oxygen atoms in total. The van der Waals surface area contributed by atoms with E-state index in [0.717, 1.165) is 5.56 Å². The topological polar surface area (TPSA) is 105 Å². The number of nitrogens with two attached hydrogens (primary N) is 1. The van der Waals surface area contributed by atoms with Gasteiger partial charge in [-0.25, -0.2) is 4.79 Å². The number of ether oxygens (including phenoxy) is 2.